The van der Waals surface area contributed by atoms with Gasteiger partial charge in [0.05, 0.1) is 12.0 Å². The molecule has 0 saturated carbocycles. The highest BCUT2D eigenvalue weighted by Gasteiger charge is 2.24. The van der Waals surface area contributed by atoms with Crippen LogP contribution in [0.25, 0.3) is 0 Å². The first-order valence-corrected chi connectivity index (χ1v) is 7.33. The van der Waals surface area contributed by atoms with Crippen molar-refractivity contribution in [2.45, 2.75) is 12.8 Å². The number of anilines is 1. The largest absolute Gasteiger partial charge is 0.497 e. The predicted octanol–water partition coefficient (Wildman–Crippen LogP) is 3.20. The zero-order chi connectivity index (χ0) is 16.4. The molecule has 0 saturated heterocycles. The lowest BCUT2D eigenvalue weighted by atomic mass is 10.0. The minimum atomic E-state index is -0.475. The van der Waals surface area contributed by atoms with Crippen molar-refractivity contribution < 1.29 is 14.5 Å². The van der Waals surface area contributed by atoms with E-state index in [1.165, 1.54) is 24.3 Å². The standard InChI is InChI=1S/C17H16N2O4/c1-23-15-8-9-16-13(11-15)3-2-10-18(16)17(20)12-4-6-14(7-5-12)19(21)22/h4-9,11H,2-3,10H2,1H3. The average molecular weight is 312 g/mol. The first kappa shape index (κ1) is 15.0. The van der Waals surface area contributed by atoms with Crippen LogP contribution < -0.4 is 9.64 Å². The van der Waals surface area contributed by atoms with Gasteiger partial charge in [-0.25, -0.2) is 0 Å². The van der Waals surface area contributed by atoms with Crippen LogP contribution in [0.3, 0.4) is 0 Å². The summed E-state index contributed by atoms with van der Waals surface area (Å²) in [5.41, 5.74) is 2.37. The van der Waals surface area contributed by atoms with E-state index in [9.17, 15) is 14.9 Å². The van der Waals surface area contributed by atoms with Crippen LogP contribution in [0.1, 0.15) is 22.3 Å². The summed E-state index contributed by atoms with van der Waals surface area (Å²) in [4.78, 5) is 24.7. The Bertz CT molecular complexity index is 756. The van der Waals surface area contributed by atoms with E-state index >= 15 is 0 Å². The highest BCUT2D eigenvalue weighted by atomic mass is 16.6. The Morgan fingerprint density at radius 2 is 1.96 bits per heavy atom. The van der Waals surface area contributed by atoms with Crippen LogP contribution in [0.5, 0.6) is 5.75 Å². The Labute approximate surface area is 133 Å². The maximum atomic E-state index is 12.7. The smallest absolute Gasteiger partial charge is 0.269 e. The Kier molecular flexibility index (Phi) is 3.97. The molecular formula is C17H16N2O4. The van der Waals surface area contributed by atoms with Gasteiger partial charge in [-0.15, -0.1) is 0 Å². The van der Waals surface area contributed by atoms with E-state index < -0.39 is 4.92 Å². The molecule has 0 aliphatic carbocycles. The van der Waals surface area contributed by atoms with Crippen molar-refractivity contribution in [2.75, 3.05) is 18.6 Å². The molecule has 0 radical (unpaired) electrons. The van der Waals surface area contributed by atoms with Crippen LogP contribution in [0.4, 0.5) is 11.4 Å². The highest BCUT2D eigenvalue weighted by Crippen LogP contribution is 2.31. The Morgan fingerprint density at radius 3 is 2.61 bits per heavy atom. The Hall–Kier alpha value is -2.89. The first-order chi connectivity index (χ1) is 11.1. The van der Waals surface area contributed by atoms with Crippen molar-refractivity contribution >= 4 is 17.3 Å². The quantitative estimate of drug-likeness (QED) is 0.644. The van der Waals surface area contributed by atoms with E-state index in [0.717, 1.165) is 29.8 Å². The molecule has 1 aliphatic heterocycles. The number of nitrogens with zero attached hydrogens (tertiary/aromatic N) is 2. The van der Waals surface area contributed by atoms with Crippen molar-refractivity contribution in [3.8, 4) is 5.75 Å². The lowest BCUT2D eigenvalue weighted by molar-refractivity contribution is -0.384. The predicted molar refractivity (Wildman–Crippen MR) is 86.1 cm³/mol. The summed E-state index contributed by atoms with van der Waals surface area (Å²) in [6.07, 6.45) is 1.77. The van der Waals surface area contributed by atoms with E-state index in [2.05, 4.69) is 0 Å². The number of benzene rings is 2. The van der Waals surface area contributed by atoms with Crippen LogP contribution in [-0.4, -0.2) is 24.5 Å². The van der Waals surface area contributed by atoms with Crippen molar-refractivity contribution in [3.05, 3.63) is 63.7 Å². The van der Waals surface area contributed by atoms with E-state index in [1.54, 1.807) is 12.0 Å². The number of aryl methyl sites for hydroxylation is 1. The number of ether oxygens (including phenoxy) is 1. The lowest BCUT2D eigenvalue weighted by Crippen LogP contribution is -2.35. The molecular weight excluding hydrogens is 296 g/mol. The zero-order valence-electron chi connectivity index (χ0n) is 12.7. The molecule has 0 unspecified atom stereocenters. The van der Waals surface area contributed by atoms with Crippen LogP contribution in [0.2, 0.25) is 0 Å². The summed E-state index contributed by atoms with van der Waals surface area (Å²) in [7, 11) is 1.62. The van der Waals surface area contributed by atoms with Gasteiger partial charge in [0.2, 0.25) is 0 Å². The number of methoxy groups -OCH3 is 1. The normalized spacial score (nSPS) is 13.3. The van der Waals surface area contributed by atoms with Gasteiger partial charge in [0, 0.05) is 29.9 Å². The maximum absolute atomic E-state index is 12.7. The van der Waals surface area contributed by atoms with Crippen molar-refractivity contribution in [3.63, 3.8) is 0 Å². The van der Waals surface area contributed by atoms with Gasteiger partial charge in [0.1, 0.15) is 5.75 Å². The molecule has 1 aliphatic rings. The zero-order valence-corrected chi connectivity index (χ0v) is 12.7. The van der Waals surface area contributed by atoms with Gasteiger partial charge in [-0.2, -0.15) is 0 Å². The van der Waals surface area contributed by atoms with Crippen molar-refractivity contribution in [1.82, 2.24) is 0 Å². The fourth-order valence-corrected chi connectivity index (χ4v) is 2.79. The lowest BCUT2D eigenvalue weighted by Gasteiger charge is -2.29. The van der Waals surface area contributed by atoms with Gasteiger partial charge < -0.3 is 9.64 Å². The number of hydrogen-bond acceptors (Lipinski definition) is 4. The summed E-state index contributed by atoms with van der Waals surface area (Å²) in [6.45, 7) is 0.634. The van der Waals surface area contributed by atoms with Gasteiger partial charge in [-0.05, 0) is 48.7 Å². The number of nitro benzene ring substituents is 1. The number of carbonyl (C=O) groups is 1. The fraction of sp³-hybridized carbons (Fsp3) is 0.235. The minimum Gasteiger partial charge on any atom is -0.497 e. The monoisotopic (exact) mass is 312 g/mol. The second kappa shape index (κ2) is 6.08. The van der Waals surface area contributed by atoms with Crippen molar-refractivity contribution in [2.24, 2.45) is 0 Å². The van der Waals surface area contributed by atoms with E-state index in [-0.39, 0.29) is 11.6 Å². The summed E-state index contributed by atoms with van der Waals surface area (Å²) in [5, 5.41) is 10.7. The highest BCUT2D eigenvalue weighted by molar-refractivity contribution is 6.06. The van der Waals surface area contributed by atoms with E-state index in [0.29, 0.717) is 12.1 Å². The molecule has 0 N–H and O–H groups in total. The molecule has 6 nitrogen and oxygen atoms in total. The summed E-state index contributed by atoms with van der Waals surface area (Å²) >= 11 is 0. The number of non-ortho nitro benzene ring substituents is 1. The molecule has 23 heavy (non-hydrogen) atoms. The molecule has 0 atom stereocenters. The van der Waals surface area contributed by atoms with Gasteiger partial charge >= 0.3 is 0 Å². The minimum absolute atomic E-state index is 0.0228. The number of fused-ring (bicyclic) bond motifs is 1. The average Bonchev–Trinajstić information content (AvgIpc) is 2.60. The summed E-state index contributed by atoms with van der Waals surface area (Å²) in [6, 6.07) is 11.4. The fourth-order valence-electron chi connectivity index (χ4n) is 2.79. The number of rotatable bonds is 3. The molecule has 118 valence electrons. The molecule has 6 heteroatoms. The summed E-state index contributed by atoms with van der Waals surface area (Å²) in [5.74, 6) is 0.624. The third-order valence-electron chi connectivity index (χ3n) is 3.98. The SMILES string of the molecule is COc1ccc2c(c1)CCCN2C(=O)c1ccc([N+](=O)[O-])cc1. The topological polar surface area (TPSA) is 72.7 Å². The Morgan fingerprint density at radius 1 is 1.22 bits per heavy atom. The van der Waals surface area contributed by atoms with E-state index in [1.807, 2.05) is 18.2 Å². The second-order valence-corrected chi connectivity index (χ2v) is 5.36. The van der Waals surface area contributed by atoms with Crippen molar-refractivity contribution in [1.29, 1.82) is 0 Å². The third-order valence-corrected chi connectivity index (χ3v) is 3.98. The van der Waals surface area contributed by atoms with Crippen LogP contribution in [0.15, 0.2) is 42.5 Å². The van der Waals surface area contributed by atoms with Crippen LogP contribution in [0, 0.1) is 10.1 Å². The van der Waals surface area contributed by atoms with E-state index in [4.69, 9.17) is 4.74 Å². The van der Waals surface area contributed by atoms with Crippen LogP contribution in [-0.2, 0) is 6.42 Å². The second-order valence-electron chi connectivity index (χ2n) is 5.36. The van der Waals surface area contributed by atoms with Crippen LogP contribution >= 0.6 is 0 Å². The van der Waals surface area contributed by atoms with Gasteiger partial charge in [-0.3, -0.25) is 14.9 Å². The van der Waals surface area contributed by atoms with Gasteiger partial charge in [-0.1, -0.05) is 0 Å². The third kappa shape index (κ3) is 2.88. The molecule has 2 aromatic rings. The summed E-state index contributed by atoms with van der Waals surface area (Å²) < 4.78 is 5.23. The Balaban J connectivity index is 1.90. The number of nitro groups is 1. The molecule has 0 spiro atoms. The molecule has 3 rings (SSSR count). The number of amides is 1. The molecule has 0 fully saturated rings. The van der Waals surface area contributed by atoms with Gasteiger partial charge in [0.15, 0.2) is 0 Å². The molecule has 0 bridgehead atoms. The van der Waals surface area contributed by atoms with Gasteiger partial charge in [0.25, 0.3) is 11.6 Å². The molecule has 0 aromatic heterocycles. The molecule has 1 amide bonds. The maximum Gasteiger partial charge on any atom is 0.269 e. The number of hydrogen-bond donors (Lipinski definition) is 0. The first-order valence-electron chi connectivity index (χ1n) is 7.33. The molecule has 1 heterocycles. The molecule has 2 aromatic carbocycles. The number of carbonyl (C=O) groups excluding carboxylic acids is 1.